The fraction of sp³-hybridized carbons (Fsp3) is 0.684. The first kappa shape index (κ1) is 14.9. The van der Waals surface area contributed by atoms with Gasteiger partial charge in [-0.05, 0) is 80.7 Å². The summed E-state index contributed by atoms with van der Waals surface area (Å²) in [5, 5.41) is 9.85. The van der Waals surface area contributed by atoms with Crippen LogP contribution in [-0.2, 0) is 6.42 Å². The Morgan fingerprint density at radius 1 is 1.14 bits per heavy atom. The van der Waals surface area contributed by atoms with Crippen molar-refractivity contribution in [1.82, 2.24) is 4.90 Å². The molecule has 1 aromatic carbocycles. The van der Waals surface area contributed by atoms with Crippen molar-refractivity contribution in [3.05, 3.63) is 29.3 Å². The molecule has 0 aliphatic heterocycles. The van der Waals surface area contributed by atoms with E-state index in [0.29, 0.717) is 23.2 Å². The van der Waals surface area contributed by atoms with Gasteiger partial charge in [-0.3, -0.25) is 4.90 Å². The molecule has 0 radical (unpaired) electrons. The molecule has 2 nitrogen and oxygen atoms in total. The van der Waals surface area contributed by atoms with Crippen molar-refractivity contribution in [3.8, 4) is 5.75 Å². The maximum Gasteiger partial charge on any atom is 0.115 e. The largest absolute Gasteiger partial charge is 0.508 e. The van der Waals surface area contributed by atoms with E-state index in [1.54, 1.807) is 0 Å². The van der Waals surface area contributed by atoms with Crippen molar-refractivity contribution in [1.29, 1.82) is 0 Å². The van der Waals surface area contributed by atoms with Gasteiger partial charge < -0.3 is 5.11 Å². The minimum atomic E-state index is 0.416. The summed E-state index contributed by atoms with van der Waals surface area (Å²) < 4.78 is 0. The minimum Gasteiger partial charge on any atom is -0.508 e. The number of benzene rings is 1. The molecule has 0 saturated heterocycles. The molecule has 0 aromatic heterocycles. The van der Waals surface area contributed by atoms with Crippen LogP contribution in [0.1, 0.15) is 69.5 Å². The van der Waals surface area contributed by atoms with Crippen molar-refractivity contribution in [3.63, 3.8) is 0 Å². The molecule has 1 aromatic rings. The predicted octanol–water partition coefficient (Wildman–Crippen LogP) is 4.67. The third kappa shape index (κ3) is 3.11. The molecule has 2 aliphatic rings. The molecule has 2 aliphatic carbocycles. The fourth-order valence-electron chi connectivity index (χ4n) is 4.23. The number of phenolic OH excluding ortho intramolecular Hbond substituents is 1. The molecule has 0 bridgehead atoms. The van der Waals surface area contributed by atoms with Crippen molar-refractivity contribution < 1.29 is 5.11 Å². The van der Waals surface area contributed by atoms with E-state index in [2.05, 4.69) is 31.9 Å². The van der Waals surface area contributed by atoms with Gasteiger partial charge in [0.15, 0.2) is 0 Å². The zero-order chi connectivity index (χ0) is 15.0. The second-order valence-corrected chi connectivity index (χ2v) is 7.85. The summed E-state index contributed by atoms with van der Waals surface area (Å²) >= 11 is 0. The first-order chi connectivity index (χ1) is 9.96. The van der Waals surface area contributed by atoms with Crippen LogP contribution in [0.25, 0.3) is 0 Å². The topological polar surface area (TPSA) is 23.5 Å². The Morgan fingerprint density at radius 3 is 2.57 bits per heavy atom. The van der Waals surface area contributed by atoms with Crippen molar-refractivity contribution in [2.75, 3.05) is 7.05 Å². The van der Waals surface area contributed by atoms with Crippen LogP contribution in [0.2, 0.25) is 0 Å². The molecule has 0 heterocycles. The zero-order valence-electron chi connectivity index (χ0n) is 13.7. The highest BCUT2D eigenvalue weighted by molar-refractivity contribution is 5.38. The van der Waals surface area contributed by atoms with Gasteiger partial charge >= 0.3 is 0 Å². The number of hydrogen-bond donors (Lipinski definition) is 1. The Hall–Kier alpha value is -1.02. The second-order valence-electron chi connectivity index (χ2n) is 7.85. The van der Waals surface area contributed by atoms with Crippen LogP contribution in [0.5, 0.6) is 5.75 Å². The molecule has 1 atom stereocenters. The van der Waals surface area contributed by atoms with Gasteiger partial charge in [-0.1, -0.05) is 19.9 Å². The Morgan fingerprint density at radius 2 is 1.86 bits per heavy atom. The molecular weight excluding hydrogens is 258 g/mol. The smallest absolute Gasteiger partial charge is 0.115 e. The van der Waals surface area contributed by atoms with Gasteiger partial charge in [-0.2, -0.15) is 0 Å². The summed E-state index contributed by atoms with van der Waals surface area (Å²) in [6.45, 7) is 4.80. The summed E-state index contributed by atoms with van der Waals surface area (Å²) in [5.41, 5.74) is 3.33. The average Bonchev–Trinajstić information content (AvgIpc) is 2.46. The monoisotopic (exact) mass is 287 g/mol. The van der Waals surface area contributed by atoms with E-state index in [9.17, 15) is 5.11 Å². The summed E-state index contributed by atoms with van der Waals surface area (Å²) in [6, 6.07) is 7.16. The van der Waals surface area contributed by atoms with Gasteiger partial charge in [0.1, 0.15) is 5.75 Å². The highest BCUT2D eigenvalue weighted by atomic mass is 16.3. The zero-order valence-corrected chi connectivity index (χ0v) is 13.7. The van der Waals surface area contributed by atoms with Gasteiger partial charge in [0, 0.05) is 12.1 Å². The number of rotatable bonds is 2. The highest BCUT2D eigenvalue weighted by Gasteiger charge is 2.33. The molecule has 116 valence electrons. The molecule has 1 fully saturated rings. The molecule has 1 unspecified atom stereocenters. The molecule has 0 amide bonds. The lowest BCUT2D eigenvalue weighted by Crippen LogP contribution is -2.40. The fourth-order valence-corrected chi connectivity index (χ4v) is 4.23. The van der Waals surface area contributed by atoms with Crippen molar-refractivity contribution in [2.45, 2.75) is 70.9 Å². The van der Waals surface area contributed by atoms with Crippen LogP contribution in [0, 0.1) is 5.41 Å². The first-order valence-corrected chi connectivity index (χ1v) is 8.50. The summed E-state index contributed by atoms with van der Waals surface area (Å²) in [5.74, 6) is 0.416. The summed E-state index contributed by atoms with van der Waals surface area (Å²) in [6.07, 6.45) is 8.96. The van der Waals surface area contributed by atoms with Crippen LogP contribution in [0.3, 0.4) is 0 Å². The molecule has 1 N–H and O–H groups in total. The van der Waals surface area contributed by atoms with Crippen LogP contribution < -0.4 is 0 Å². The van der Waals surface area contributed by atoms with Gasteiger partial charge in [0.2, 0.25) is 0 Å². The third-order valence-electron chi connectivity index (χ3n) is 5.79. The van der Waals surface area contributed by atoms with Gasteiger partial charge in [0.05, 0.1) is 0 Å². The minimum absolute atomic E-state index is 0.416. The summed E-state index contributed by atoms with van der Waals surface area (Å²) in [4.78, 5) is 2.60. The lowest BCUT2D eigenvalue weighted by atomic mass is 9.74. The number of hydrogen-bond acceptors (Lipinski definition) is 2. The maximum atomic E-state index is 9.85. The molecule has 3 rings (SSSR count). The summed E-state index contributed by atoms with van der Waals surface area (Å²) in [7, 11) is 2.30. The number of aryl methyl sites for hydroxylation is 1. The Labute approximate surface area is 129 Å². The van der Waals surface area contributed by atoms with Gasteiger partial charge in [-0.25, -0.2) is 0 Å². The lowest BCUT2D eigenvalue weighted by molar-refractivity contribution is 0.0868. The van der Waals surface area contributed by atoms with Gasteiger partial charge in [-0.15, -0.1) is 0 Å². The van der Waals surface area contributed by atoms with E-state index in [4.69, 9.17) is 0 Å². The molecule has 0 spiro atoms. The van der Waals surface area contributed by atoms with E-state index in [1.807, 2.05) is 12.1 Å². The SMILES string of the molecule is CN(C1CCC(C)(C)CC1)C1CCCc2ccc(O)cc21. The van der Waals surface area contributed by atoms with E-state index in [1.165, 1.54) is 49.7 Å². The maximum absolute atomic E-state index is 9.85. The highest BCUT2D eigenvalue weighted by Crippen LogP contribution is 2.41. The molecule has 21 heavy (non-hydrogen) atoms. The van der Waals surface area contributed by atoms with Gasteiger partial charge in [0.25, 0.3) is 0 Å². The van der Waals surface area contributed by atoms with E-state index < -0.39 is 0 Å². The molecular formula is C19H29NO. The first-order valence-electron chi connectivity index (χ1n) is 8.50. The van der Waals surface area contributed by atoms with E-state index in [0.717, 1.165) is 6.42 Å². The number of nitrogens with zero attached hydrogens (tertiary/aromatic N) is 1. The number of aromatic hydroxyl groups is 1. The Kier molecular flexibility index (Phi) is 4.00. The van der Waals surface area contributed by atoms with Crippen molar-refractivity contribution in [2.24, 2.45) is 5.41 Å². The average molecular weight is 287 g/mol. The predicted molar refractivity (Wildman–Crippen MR) is 87.6 cm³/mol. The normalized spacial score (nSPS) is 25.8. The Bertz CT molecular complexity index is 498. The van der Waals surface area contributed by atoms with Crippen LogP contribution in [0.4, 0.5) is 0 Å². The second kappa shape index (κ2) is 5.64. The van der Waals surface area contributed by atoms with Crippen LogP contribution in [-0.4, -0.2) is 23.1 Å². The van der Waals surface area contributed by atoms with Crippen LogP contribution >= 0.6 is 0 Å². The third-order valence-corrected chi connectivity index (χ3v) is 5.79. The van der Waals surface area contributed by atoms with Crippen LogP contribution in [0.15, 0.2) is 18.2 Å². The molecule has 1 saturated carbocycles. The van der Waals surface area contributed by atoms with E-state index >= 15 is 0 Å². The number of phenols is 1. The molecule has 2 heteroatoms. The van der Waals surface area contributed by atoms with Crippen molar-refractivity contribution >= 4 is 0 Å². The Balaban J connectivity index is 1.77. The lowest BCUT2D eigenvalue weighted by Gasteiger charge is -2.43. The number of fused-ring (bicyclic) bond motifs is 1. The quantitative estimate of drug-likeness (QED) is 0.854. The standard InChI is InChI=1S/C19H29NO/c1-19(2)11-9-15(10-12-19)20(3)18-6-4-5-14-7-8-16(21)13-17(14)18/h7-8,13,15,18,21H,4-6,9-12H2,1-3H3. The van der Waals surface area contributed by atoms with E-state index in [-0.39, 0.29) is 0 Å².